The number of likely N-dealkylation sites (N-methyl/N-ethyl adjacent to an activating group) is 2. The molecule has 0 radical (unpaired) electrons. The molecular formula is C15H31N3. The van der Waals surface area contributed by atoms with Gasteiger partial charge in [-0.3, -0.25) is 4.90 Å². The van der Waals surface area contributed by atoms with Gasteiger partial charge in [0.25, 0.3) is 0 Å². The molecule has 0 aromatic carbocycles. The Kier molecular flexibility index (Phi) is 5.46. The smallest absolute Gasteiger partial charge is 0.0223 e. The van der Waals surface area contributed by atoms with Crippen molar-refractivity contribution in [3.8, 4) is 0 Å². The van der Waals surface area contributed by atoms with Crippen molar-refractivity contribution in [1.29, 1.82) is 0 Å². The predicted molar refractivity (Wildman–Crippen MR) is 77.7 cm³/mol. The molecule has 0 amide bonds. The Balaban J connectivity index is 1.76. The van der Waals surface area contributed by atoms with Gasteiger partial charge in [0.05, 0.1) is 0 Å². The Morgan fingerprint density at radius 2 is 1.89 bits per heavy atom. The van der Waals surface area contributed by atoms with Crippen molar-refractivity contribution in [1.82, 2.24) is 9.80 Å². The van der Waals surface area contributed by atoms with E-state index in [1.165, 1.54) is 58.3 Å². The summed E-state index contributed by atoms with van der Waals surface area (Å²) in [5.74, 6) is 1.65. The van der Waals surface area contributed by atoms with Crippen LogP contribution >= 0.6 is 0 Å². The Bertz CT molecular complexity index is 220. The molecule has 0 spiro atoms. The number of likely N-dealkylation sites (tertiary alicyclic amines) is 1. The Hall–Kier alpha value is -0.120. The summed E-state index contributed by atoms with van der Waals surface area (Å²) in [6.07, 6.45) is 6.93. The SMILES string of the molecule is CCN1CCCC1CN(C)CC1CCCC1CN. The van der Waals surface area contributed by atoms with Gasteiger partial charge in [0.15, 0.2) is 0 Å². The second-order valence-corrected chi connectivity index (χ2v) is 6.33. The van der Waals surface area contributed by atoms with Crippen LogP contribution in [0.2, 0.25) is 0 Å². The van der Waals surface area contributed by atoms with Gasteiger partial charge in [0.2, 0.25) is 0 Å². The van der Waals surface area contributed by atoms with Crippen molar-refractivity contribution < 1.29 is 0 Å². The zero-order chi connectivity index (χ0) is 13.0. The number of rotatable bonds is 6. The fraction of sp³-hybridized carbons (Fsp3) is 1.00. The van der Waals surface area contributed by atoms with Crippen molar-refractivity contribution in [2.24, 2.45) is 17.6 Å². The van der Waals surface area contributed by atoms with Crippen LogP contribution in [0.4, 0.5) is 0 Å². The van der Waals surface area contributed by atoms with E-state index in [9.17, 15) is 0 Å². The summed E-state index contributed by atoms with van der Waals surface area (Å²) in [6.45, 7) is 8.22. The van der Waals surface area contributed by atoms with Crippen LogP contribution in [0.3, 0.4) is 0 Å². The maximum Gasteiger partial charge on any atom is 0.0223 e. The second kappa shape index (κ2) is 6.88. The van der Waals surface area contributed by atoms with Gasteiger partial charge in [-0.15, -0.1) is 0 Å². The molecule has 1 aliphatic heterocycles. The van der Waals surface area contributed by atoms with E-state index in [4.69, 9.17) is 5.73 Å². The van der Waals surface area contributed by atoms with E-state index in [0.717, 1.165) is 24.4 Å². The monoisotopic (exact) mass is 253 g/mol. The van der Waals surface area contributed by atoms with Gasteiger partial charge < -0.3 is 10.6 Å². The molecule has 2 N–H and O–H groups in total. The molecule has 2 aliphatic rings. The normalized spacial score (nSPS) is 33.7. The molecule has 18 heavy (non-hydrogen) atoms. The molecule has 1 heterocycles. The summed E-state index contributed by atoms with van der Waals surface area (Å²) in [5, 5.41) is 0. The van der Waals surface area contributed by atoms with E-state index in [1.54, 1.807) is 0 Å². The molecule has 106 valence electrons. The summed E-state index contributed by atoms with van der Waals surface area (Å²) in [4.78, 5) is 5.21. The van der Waals surface area contributed by atoms with Crippen LogP contribution in [0, 0.1) is 11.8 Å². The molecule has 2 rings (SSSR count). The van der Waals surface area contributed by atoms with Gasteiger partial charge in [-0.1, -0.05) is 13.3 Å². The third-order valence-electron chi connectivity index (χ3n) is 5.09. The predicted octanol–water partition coefficient (Wildman–Crippen LogP) is 1.78. The third-order valence-corrected chi connectivity index (χ3v) is 5.09. The minimum atomic E-state index is 0.790. The summed E-state index contributed by atoms with van der Waals surface area (Å²) in [5.41, 5.74) is 5.88. The quantitative estimate of drug-likeness (QED) is 0.783. The number of hydrogen-bond acceptors (Lipinski definition) is 3. The lowest BCUT2D eigenvalue weighted by molar-refractivity contribution is 0.173. The molecule has 3 unspecified atom stereocenters. The average molecular weight is 253 g/mol. The highest BCUT2D eigenvalue weighted by Gasteiger charge is 2.29. The van der Waals surface area contributed by atoms with Crippen LogP contribution < -0.4 is 5.73 Å². The number of nitrogens with two attached hydrogens (primary N) is 1. The summed E-state index contributed by atoms with van der Waals surface area (Å²) >= 11 is 0. The molecule has 2 fully saturated rings. The fourth-order valence-electron chi connectivity index (χ4n) is 4.02. The van der Waals surface area contributed by atoms with Crippen molar-refractivity contribution in [2.75, 3.05) is 39.8 Å². The third kappa shape index (κ3) is 3.46. The van der Waals surface area contributed by atoms with Crippen LogP contribution in [0.1, 0.15) is 39.0 Å². The van der Waals surface area contributed by atoms with Crippen LogP contribution in [0.5, 0.6) is 0 Å². The summed E-state index contributed by atoms with van der Waals surface area (Å²) < 4.78 is 0. The van der Waals surface area contributed by atoms with Crippen molar-refractivity contribution >= 4 is 0 Å². The van der Waals surface area contributed by atoms with Gasteiger partial charge >= 0.3 is 0 Å². The van der Waals surface area contributed by atoms with Crippen LogP contribution in [0.15, 0.2) is 0 Å². The zero-order valence-corrected chi connectivity index (χ0v) is 12.3. The largest absolute Gasteiger partial charge is 0.330 e. The first kappa shape index (κ1) is 14.3. The van der Waals surface area contributed by atoms with E-state index in [2.05, 4.69) is 23.8 Å². The minimum absolute atomic E-state index is 0.790. The van der Waals surface area contributed by atoms with Gasteiger partial charge in [0.1, 0.15) is 0 Å². The second-order valence-electron chi connectivity index (χ2n) is 6.33. The molecule has 1 saturated heterocycles. The van der Waals surface area contributed by atoms with E-state index in [-0.39, 0.29) is 0 Å². The first-order valence-corrected chi connectivity index (χ1v) is 7.87. The first-order valence-electron chi connectivity index (χ1n) is 7.87. The van der Waals surface area contributed by atoms with Crippen molar-refractivity contribution in [2.45, 2.75) is 45.1 Å². The Morgan fingerprint density at radius 1 is 1.11 bits per heavy atom. The highest BCUT2D eigenvalue weighted by atomic mass is 15.2. The van der Waals surface area contributed by atoms with Gasteiger partial charge in [-0.25, -0.2) is 0 Å². The van der Waals surface area contributed by atoms with Crippen molar-refractivity contribution in [3.05, 3.63) is 0 Å². The molecule has 1 aliphatic carbocycles. The van der Waals surface area contributed by atoms with Gasteiger partial charge in [0, 0.05) is 19.1 Å². The van der Waals surface area contributed by atoms with E-state index >= 15 is 0 Å². The Labute approximate surface area is 113 Å². The fourth-order valence-corrected chi connectivity index (χ4v) is 4.02. The van der Waals surface area contributed by atoms with Crippen LogP contribution in [-0.2, 0) is 0 Å². The molecule has 3 heteroatoms. The number of nitrogens with zero attached hydrogens (tertiary/aromatic N) is 2. The maximum absolute atomic E-state index is 5.88. The molecule has 1 saturated carbocycles. The lowest BCUT2D eigenvalue weighted by Crippen LogP contribution is -2.41. The van der Waals surface area contributed by atoms with E-state index in [1.807, 2.05) is 0 Å². The lowest BCUT2D eigenvalue weighted by Gasteiger charge is -2.30. The summed E-state index contributed by atoms with van der Waals surface area (Å²) in [7, 11) is 2.30. The van der Waals surface area contributed by atoms with E-state index < -0.39 is 0 Å². The highest BCUT2D eigenvalue weighted by Crippen LogP contribution is 2.31. The van der Waals surface area contributed by atoms with Crippen LogP contribution in [0.25, 0.3) is 0 Å². The zero-order valence-electron chi connectivity index (χ0n) is 12.3. The average Bonchev–Trinajstić information content (AvgIpc) is 2.97. The minimum Gasteiger partial charge on any atom is -0.330 e. The molecular weight excluding hydrogens is 222 g/mol. The molecule has 0 bridgehead atoms. The molecule has 0 aromatic heterocycles. The number of hydrogen-bond donors (Lipinski definition) is 1. The van der Waals surface area contributed by atoms with Gasteiger partial charge in [-0.2, -0.15) is 0 Å². The van der Waals surface area contributed by atoms with Crippen LogP contribution in [-0.4, -0.2) is 55.6 Å². The maximum atomic E-state index is 5.88. The molecule has 0 aromatic rings. The van der Waals surface area contributed by atoms with E-state index in [0.29, 0.717) is 0 Å². The topological polar surface area (TPSA) is 32.5 Å². The standard InChI is InChI=1S/C15H31N3/c1-3-18-9-5-8-15(18)12-17(2)11-14-7-4-6-13(14)10-16/h13-15H,3-12,16H2,1-2H3. The molecule has 3 nitrogen and oxygen atoms in total. The summed E-state index contributed by atoms with van der Waals surface area (Å²) in [6, 6.07) is 0.803. The lowest BCUT2D eigenvalue weighted by atomic mass is 9.95. The highest BCUT2D eigenvalue weighted by molar-refractivity contribution is 4.84. The van der Waals surface area contributed by atoms with Gasteiger partial charge in [-0.05, 0) is 64.2 Å². The Morgan fingerprint density at radius 3 is 2.61 bits per heavy atom. The van der Waals surface area contributed by atoms with Crippen molar-refractivity contribution in [3.63, 3.8) is 0 Å². The molecule has 3 atom stereocenters. The first-order chi connectivity index (χ1) is 8.74.